The summed E-state index contributed by atoms with van der Waals surface area (Å²) < 4.78 is 5.34. The second kappa shape index (κ2) is 6.18. The number of nitrogens with zero attached hydrogens (tertiary/aromatic N) is 3. The molecule has 0 radical (unpaired) electrons. The quantitative estimate of drug-likeness (QED) is 0.561. The number of carbonyl (C=O) groups is 1. The highest BCUT2D eigenvalue weighted by atomic mass is 16.5. The van der Waals surface area contributed by atoms with E-state index in [1.54, 1.807) is 12.1 Å². The van der Waals surface area contributed by atoms with Crippen LogP contribution in [0.4, 0.5) is 5.69 Å². The Bertz CT molecular complexity index is 1070. The molecule has 0 spiro atoms. The molecule has 1 aromatic carbocycles. The maximum absolute atomic E-state index is 12.1. The van der Waals surface area contributed by atoms with E-state index in [1.807, 2.05) is 18.2 Å². The number of aromatic nitrogens is 2. The minimum absolute atomic E-state index is 0.238. The van der Waals surface area contributed by atoms with Gasteiger partial charge >= 0.3 is 5.97 Å². The molecule has 132 valence electrons. The fourth-order valence-electron chi connectivity index (χ4n) is 3.39. The zero-order chi connectivity index (χ0) is 18.3. The molecule has 3 heterocycles. The van der Waals surface area contributed by atoms with Gasteiger partial charge in [-0.1, -0.05) is 6.07 Å². The van der Waals surface area contributed by atoms with Crippen molar-refractivity contribution in [3.63, 3.8) is 0 Å². The predicted octanol–water partition coefficient (Wildman–Crippen LogP) is 1.98. The maximum atomic E-state index is 12.1. The molecule has 7 nitrogen and oxygen atoms in total. The Kier molecular flexibility index (Phi) is 3.84. The second-order valence-electron chi connectivity index (χ2n) is 6.20. The predicted molar refractivity (Wildman–Crippen MR) is 95.7 cm³/mol. The Morgan fingerprint density at radius 1 is 1.23 bits per heavy atom. The first-order valence-electron chi connectivity index (χ1n) is 8.23. The largest absolute Gasteiger partial charge is 0.465 e. The van der Waals surface area contributed by atoms with Crippen LogP contribution in [0.5, 0.6) is 0 Å². The Morgan fingerprint density at radius 3 is 2.88 bits per heavy atom. The number of ether oxygens (including phenoxy) is 1. The molecule has 3 aromatic rings. The minimum Gasteiger partial charge on any atom is -0.465 e. The number of esters is 1. The molecule has 2 aromatic heterocycles. The van der Waals surface area contributed by atoms with Gasteiger partial charge in [0.25, 0.3) is 5.56 Å². The molecule has 0 amide bonds. The summed E-state index contributed by atoms with van der Waals surface area (Å²) in [5.74, 6) is -0.348. The summed E-state index contributed by atoms with van der Waals surface area (Å²) in [5.41, 5.74) is 3.19. The summed E-state index contributed by atoms with van der Waals surface area (Å²) in [6, 6.07) is 10.6. The maximum Gasteiger partial charge on any atom is 0.337 e. The van der Waals surface area contributed by atoms with Crippen molar-refractivity contribution in [1.82, 2.24) is 9.71 Å². The smallest absolute Gasteiger partial charge is 0.337 e. The van der Waals surface area contributed by atoms with Crippen LogP contribution in [0.2, 0.25) is 0 Å². The summed E-state index contributed by atoms with van der Waals surface area (Å²) in [5, 5.41) is 10.6. The number of hydrogen-bond acceptors (Lipinski definition) is 6. The summed E-state index contributed by atoms with van der Waals surface area (Å²) in [6.45, 7) is 1.30. The summed E-state index contributed by atoms with van der Waals surface area (Å²) in [7, 11) is 1.37. The standard InChI is InChI=1S/C19H17N3O4/c1-26-19(24)13-4-5-14-11-21(8-6-12(14)9-13)16-10-17(23)22(25)18-15(16)3-2-7-20-18/h2-5,7,9-10,25H,6,8,11H2,1H3. The first-order valence-corrected chi connectivity index (χ1v) is 8.23. The molecular weight excluding hydrogens is 334 g/mol. The molecule has 4 rings (SSSR count). The zero-order valence-electron chi connectivity index (χ0n) is 14.2. The summed E-state index contributed by atoms with van der Waals surface area (Å²) in [6.07, 6.45) is 2.28. The number of pyridine rings is 2. The number of fused-ring (bicyclic) bond motifs is 2. The van der Waals surface area contributed by atoms with Crippen molar-refractivity contribution in [1.29, 1.82) is 0 Å². The molecule has 0 bridgehead atoms. The van der Waals surface area contributed by atoms with Crippen molar-refractivity contribution in [2.75, 3.05) is 18.6 Å². The molecule has 7 heteroatoms. The van der Waals surface area contributed by atoms with Crippen LogP contribution in [0.3, 0.4) is 0 Å². The van der Waals surface area contributed by atoms with Gasteiger partial charge in [-0.3, -0.25) is 4.79 Å². The number of anilines is 1. The van der Waals surface area contributed by atoms with E-state index in [4.69, 9.17) is 4.74 Å². The lowest BCUT2D eigenvalue weighted by molar-refractivity contribution is 0.0600. The molecule has 1 N–H and O–H groups in total. The Labute approximate surface area is 149 Å². The number of carbonyl (C=O) groups excluding carboxylic acids is 1. The van der Waals surface area contributed by atoms with E-state index in [0.717, 1.165) is 23.2 Å². The number of benzene rings is 1. The Balaban J connectivity index is 1.74. The van der Waals surface area contributed by atoms with Gasteiger partial charge in [0, 0.05) is 30.7 Å². The van der Waals surface area contributed by atoms with Gasteiger partial charge in [0.15, 0.2) is 5.65 Å². The van der Waals surface area contributed by atoms with Crippen molar-refractivity contribution in [3.05, 3.63) is 69.6 Å². The average Bonchev–Trinajstić information content (AvgIpc) is 2.69. The highest BCUT2D eigenvalue weighted by Crippen LogP contribution is 2.29. The highest BCUT2D eigenvalue weighted by Gasteiger charge is 2.21. The second-order valence-corrected chi connectivity index (χ2v) is 6.20. The van der Waals surface area contributed by atoms with E-state index < -0.39 is 5.56 Å². The van der Waals surface area contributed by atoms with Gasteiger partial charge in [-0.15, -0.1) is 4.73 Å². The molecule has 0 fully saturated rings. The molecule has 26 heavy (non-hydrogen) atoms. The molecule has 1 aliphatic heterocycles. The summed E-state index contributed by atoms with van der Waals surface area (Å²) in [4.78, 5) is 30.0. The van der Waals surface area contributed by atoms with Gasteiger partial charge in [0.05, 0.1) is 18.4 Å². The summed E-state index contributed by atoms with van der Waals surface area (Å²) >= 11 is 0. The van der Waals surface area contributed by atoms with Crippen LogP contribution in [0.15, 0.2) is 47.4 Å². The fraction of sp³-hybridized carbons (Fsp3) is 0.211. The highest BCUT2D eigenvalue weighted by molar-refractivity contribution is 5.90. The van der Waals surface area contributed by atoms with Gasteiger partial charge in [0.2, 0.25) is 0 Å². The van der Waals surface area contributed by atoms with Crippen LogP contribution >= 0.6 is 0 Å². The van der Waals surface area contributed by atoms with Crippen LogP contribution in [0.1, 0.15) is 21.5 Å². The van der Waals surface area contributed by atoms with Crippen molar-refractivity contribution in [3.8, 4) is 0 Å². The van der Waals surface area contributed by atoms with Crippen LogP contribution in [0, 0.1) is 0 Å². The third kappa shape index (κ3) is 2.57. The van der Waals surface area contributed by atoms with Gasteiger partial charge in [0.1, 0.15) is 0 Å². The zero-order valence-corrected chi connectivity index (χ0v) is 14.2. The van der Waals surface area contributed by atoms with Crippen LogP contribution in [0.25, 0.3) is 11.0 Å². The van der Waals surface area contributed by atoms with E-state index in [2.05, 4.69) is 9.88 Å². The average molecular weight is 351 g/mol. The van der Waals surface area contributed by atoms with Crippen molar-refractivity contribution in [2.45, 2.75) is 13.0 Å². The van der Waals surface area contributed by atoms with Crippen molar-refractivity contribution < 1.29 is 14.7 Å². The molecule has 1 aliphatic rings. The lowest BCUT2D eigenvalue weighted by atomic mass is 9.96. The fourth-order valence-corrected chi connectivity index (χ4v) is 3.39. The van der Waals surface area contributed by atoms with Crippen LogP contribution in [-0.4, -0.2) is 34.5 Å². The Hall–Kier alpha value is -3.35. The van der Waals surface area contributed by atoms with Crippen LogP contribution < -0.4 is 10.5 Å². The Morgan fingerprint density at radius 2 is 2.08 bits per heavy atom. The van der Waals surface area contributed by atoms with Crippen molar-refractivity contribution in [2.24, 2.45) is 0 Å². The SMILES string of the molecule is COC(=O)c1ccc2c(c1)CCN(c1cc(=O)n(O)c3ncccc13)C2. The molecule has 0 saturated carbocycles. The van der Waals surface area contributed by atoms with E-state index >= 15 is 0 Å². The molecule has 0 unspecified atom stereocenters. The van der Waals surface area contributed by atoms with Gasteiger partial charge < -0.3 is 14.8 Å². The van der Waals surface area contributed by atoms with Gasteiger partial charge in [-0.2, -0.15) is 0 Å². The number of rotatable bonds is 2. The number of hydrogen-bond donors (Lipinski definition) is 1. The minimum atomic E-state index is -0.516. The topological polar surface area (TPSA) is 84.7 Å². The number of methoxy groups -OCH3 is 1. The monoisotopic (exact) mass is 351 g/mol. The molecule has 0 saturated heterocycles. The van der Waals surface area contributed by atoms with E-state index in [9.17, 15) is 14.8 Å². The van der Waals surface area contributed by atoms with Gasteiger partial charge in [-0.05, 0) is 41.8 Å². The lowest BCUT2D eigenvalue weighted by Gasteiger charge is -2.31. The first kappa shape index (κ1) is 16.1. The molecule has 0 atom stereocenters. The van der Waals surface area contributed by atoms with E-state index in [1.165, 1.54) is 19.4 Å². The first-order chi connectivity index (χ1) is 12.6. The van der Waals surface area contributed by atoms with Crippen LogP contribution in [-0.2, 0) is 17.7 Å². The third-order valence-electron chi connectivity index (χ3n) is 4.71. The van der Waals surface area contributed by atoms with Gasteiger partial charge in [-0.25, -0.2) is 9.78 Å². The lowest BCUT2D eigenvalue weighted by Crippen LogP contribution is -2.32. The third-order valence-corrected chi connectivity index (χ3v) is 4.71. The van der Waals surface area contributed by atoms with E-state index in [0.29, 0.717) is 28.8 Å². The normalized spacial score (nSPS) is 13.5. The van der Waals surface area contributed by atoms with E-state index in [-0.39, 0.29) is 11.6 Å². The van der Waals surface area contributed by atoms with Crippen molar-refractivity contribution >= 4 is 22.7 Å². The molecular formula is C19H17N3O4. The molecule has 0 aliphatic carbocycles.